The van der Waals surface area contributed by atoms with Crippen molar-refractivity contribution < 1.29 is 13.5 Å². The molecule has 6 nitrogen and oxygen atoms in total. The molecule has 1 atom stereocenters. The van der Waals surface area contributed by atoms with E-state index in [2.05, 4.69) is 4.98 Å². The minimum absolute atomic E-state index is 0.0758. The molecule has 24 heavy (non-hydrogen) atoms. The summed E-state index contributed by atoms with van der Waals surface area (Å²) in [6.07, 6.45) is 3.75. The van der Waals surface area contributed by atoms with E-state index < -0.39 is 15.4 Å². The minimum atomic E-state index is -3.78. The molecule has 1 N–H and O–H groups in total. The van der Waals surface area contributed by atoms with Gasteiger partial charge in [0.2, 0.25) is 0 Å². The lowest BCUT2D eigenvalue weighted by Gasteiger charge is -2.40. The van der Waals surface area contributed by atoms with Gasteiger partial charge in [-0.2, -0.15) is 8.42 Å². The molecule has 0 saturated carbocycles. The summed E-state index contributed by atoms with van der Waals surface area (Å²) in [5.74, 6) is 0. The second-order valence-electron chi connectivity index (χ2n) is 6.44. The zero-order valence-corrected chi connectivity index (χ0v) is 14.7. The van der Waals surface area contributed by atoms with Crippen LogP contribution in [0, 0.1) is 5.41 Å². The lowest BCUT2D eigenvalue weighted by atomic mass is 9.81. The van der Waals surface area contributed by atoms with Crippen molar-refractivity contribution in [3.63, 3.8) is 0 Å². The maximum Gasteiger partial charge on any atom is 0.282 e. The van der Waals surface area contributed by atoms with Crippen molar-refractivity contribution in [1.29, 1.82) is 0 Å². The molecule has 1 aromatic carbocycles. The molecule has 2 aromatic heterocycles. The topological polar surface area (TPSA) is 74.9 Å². The van der Waals surface area contributed by atoms with Gasteiger partial charge in [-0.3, -0.25) is 8.71 Å². The summed E-state index contributed by atoms with van der Waals surface area (Å²) in [5.41, 5.74) is 1.09. The van der Waals surface area contributed by atoms with Crippen LogP contribution in [0.15, 0.2) is 47.1 Å². The number of fused-ring (bicyclic) bond motifs is 2. The van der Waals surface area contributed by atoms with E-state index in [1.807, 2.05) is 36.6 Å². The molecule has 0 spiro atoms. The number of thiazole rings is 1. The van der Waals surface area contributed by atoms with Gasteiger partial charge in [0.25, 0.3) is 10.0 Å². The van der Waals surface area contributed by atoms with E-state index in [0.717, 1.165) is 5.56 Å². The number of imidazole rings is 1. The van der Waals surface area contributed by atoms with Crippen LogP contribution in [0.5, 0.6) is 0 Å². The van der Waals surface area contributed by atoms with Gasteiger partial charge in [-0.1, -0.05) is 25.1 Å². The Kier molecular flexibility index (Phi) is 3.45. The predicted octanol–water partition coefficient (Wildman–Crippen LogP) is 2.15. The molecular weight excluding hydrogens is 346 g/mol. The smallest absolute Gasteiger partial charge is 0.282 e. The van der Waals surface area contributed by atoms with E-state index in [9.17, 15) is 13.5 Å². The van der Waals surface area contributed by atoms with Crippen molar-refractivity contribution in [2.24, 2.45) is 5.41 Å². The van der Waals surface area contributed by atoms with Crippen LogP contribution in [-0.4, -0.2) is 36.1 Å². The number of aromatic nitrogens is 2. The Balaban J connectivity index is 1.89. The normalized spacial score (nSPS) is 21.2. The third-order valence-electron chi connectivity index (χ3n) is 4.45. The Morgan fingerprint density at radius 1 is 1.38 bits per heavy atom. The number of aliphatic hydroxyl groups is 1. The summed E-state index contributed by atoms with van der Waals surface area (Å²) in [4.78, 5) is 4.82. The number of hydrogen-bond acceptors (Lipinski definition) is 5. The fraction of sp³-hybridized carbons (Fsp3) is 0.312. The summed E-state index contributed by atoms with van der Waals surface area (Å²) in [6.45, 7) is 2.07. The van der Waals surface area contributed by atoms with Gasteiger partial charge < -0.3 is 5.11 Å². The van der Waals surface area contributed by atoms with Crippen molar-refractivity contribution >= 4 is 32.0 Å². The van der Waals surface area contributed by atoms with Crippen LogP contribution in [0.1, 0.15) is 12.5 Å². The highest BCUT2D eigenvalue weighted by molar-refractivity contribution is 7.92. The van der Waals surface area contributed by atoms with Gasteiger partial charge >= 0.3 is 0 Å². The van der Waals surface area contributed by atoms with Gasteiger partial charge in [0.1, 0.15) is 0 Å². The monoisotopic (exact) mass is 363 g/mol. The van der Waals surface area contributed by atoms with E-state index in [1.165, 1.54) is 21.8 Å². The van der Waals surface area contributed by atoms with Crippen molar-refractivity contribution in [3.8, 4) is 0 Å². The molecule has 0 bridgehead atoms. The molecule has 0 saturated heterocycles. The highest BCUT2D eigenvalue weighted by atomic mass is 32.2. The first kappa shape index (κ1) is 15.6. The van der Waals surface area contributed by atoms with Crippen LogP contribution in [0.3, 0.4) is 0 Å². The molecule has 3 aromatic rings. The molecule has 126 valence electrons. The Bertz CT molecular complexity index is 1010. The molecule has 3 heterocycles. The van der Waals surface area contributed by atoms with Crippen LogP contribution >= 0.6 is 11.3 Å². The Hall–Kier alpha value is -1.90. The Morgan fingerprint density at radius 2 is 2.17 bits per heavy atom. The lowest BCUT2D eigenvalue weighted by Crippen LogP contribution is -2.47. The van der Waals surface area contributed by atoms with Crippen molar-refractivity contribution in [1.82, 2.24) is 9.38 Å². The van der Waals surface area contributed by atoms with Gasteiger partial charge in [-0.25, -0.2) is 4.98 Å². The fourth-order valence-corrected chi connectivity index (χ4v) is 5.66. The molecule has 0 fully saturated rings. The minimum Gasteiger partial charge on any atom is -0.396 e. The quantitative estimate of drug-likeness (QED) is 0.774. The zero-order chi connectivity index (χ0) is 16.9. The molecule has 1 aliphatic rings. The van der Waals surface area contributed by atoms with E-state index in [4.69, 9.17) is 0 Å². The number of sulfonamides is 1. The van der Waals surface area contributed by atoms with Crippen LogP contribution in [-0.2, 0) is 16.4 Å². The van der Waals surface area contributed by atoms with Crippen LogP contribution in [0.4, 0.5) is 5.69 Å². The summed E-state index contributed by atoms with van der Waals surface area (Å²) < 4.78 is 29.6. The van der Waals surface area contributed by atoms with Gasteiger partial charge in [0, 0.05) is 23.5 Å². The summed E-state index contributed by atoms with van der Waals surface area (Å²) in [5, 5.41) is 11.7. The second-order valence-corrected chi connectivity index (χ2v) is 9.12. The number of benzene rings is 1. The first-order valence-corrected chi connectivity index (χ1v) is 9.89. The number of nitrogens with zero attached hydrogens (tertiary/aromatic N) is 3. The van der Waals surface area contributed by atoms with Crippen molar-refractivity contribution in [2.75, 3.05) is 17.5 Å². The number of aliphatic hydroxyl groups excluding tert-OH is 1. The maximum atomic E-state index is 13.3. The average Bonchev–Trinajstić information content (AvgIpc) is 3.17. The lowest BCUT2D eigenvalue weighted by molar-refractivity contribution is 0.146. The highest BCUT2D eigenvalue weighted by Gasteiger charge is 2.40. The highest BCUT2D eigenvalue weighted by Crippen LogP contribution is 2.39. The van der Waals surface area contributed by atoms with Crippen LogP contribution in [0.25, 0.3) is 4.96 Å². The Labute approximate surface area is 144 Å². The van der Waals surface area contributed by atoms with Crippen molar-refractivity contribution in [3.05, 3.63) is 47.6 Å². The number of rotatable bonds is 3. The molecule has 1 aliphatic heterocycles. The largest absolute Gasteiger partial charge is 0.396 e. The maximum absolute atomic E-state index is 13.3. The third-order valence-corrected chi connectivity index (χ3v) is 6.96. The van der Waals surface area contributed by atoms with E-state index >= 15 is 0 Å². The third kappa shape index (κ3) is 2.25. The molecule has 0 radical (unpaired) electrons. The summed E-state index contributed by atoms with van der Waals surface area (Å²) in [6, 6.07) is 7.46. The average molecular weight is 363 g/mol. The summed E-state index contributed by atoms with van der Waals surface area (Å²) in [7, 11) is -3.78. The van der Waals surface area contributed by atoms with Gasteiger partial charge in [0.15, 0.2) is 9.99 Å². The molecule has 8 heteroatoms. The molecule has 0 aliphatic carbocycles. The summed E-state index contributed by atoms with van der Waals surface area (Å²) >= 11 is 1.39. The molecule has 0 amide bonds. The first-order valence-electron chi connectivity index (χ1n) is 7.57. The van der Waals surface area contributed by atoms with Crippen molar-refractivity contribution in [2.45, 2.75) is 18.4 Å². The van der Waals surface area contributed by atoms with Crippen LogP contribution in [0.2, 0.25) is 0 Å². The number of anilines is 1. The zero-order valence-electron chi connectivity index (χ0n) is 13.1. The number of para-hydroxylation sites is 1. The molecule has 4 rings (SSSR count). The number of hydrogen-bond donors (Lipinski definition) is 1. The molecule has 1 unspecified atom stereocenters. The first-order chi connectivity index (χ1) is 11.4. The standard InChI is InChI=1S/C16H17N3O3S2/c1-16(11-20)8-12-4-2-3-5-13(12)19(10-16)24(21,22)14-9-17-15-18(14)6-7-23-15/h2-7,9,20H,8,10-11H2,1H3. The van der Waals surface area contributed by atoms with Gasteiger partial charge in [-0.15, -0.1) is 11.3 Å². The van der Waals surface area contributed by atoms with E-state index in [0.29, 0.717) is 17.1 Å². The van der Waals surface area contributed by atoms with Crippen LogP contribution < -0.4 is 4.31 Å². The molecular formula is C16H17N3O3S2. The predicted molar refractivity (Wildman–Crippen MR) is 92.9 cm³/mol. The second kappa shape index (κ2) is 5.30. The Morgan fingerprint density at radius 3 is 2.96 bits per heavy atom. The van der Waals surface area contributed by atoms with E-state index in [-0.39, 0.29) is 18.2 Å². The fourth-order valence-electron chi connectivity index (χ4n) is 3.18. The van der Waals surface area contributed by atoms with Gasteiger partial charge in [0.05, 0.1) is 18.5 Å². The SMILES string of the molecule is CC1(CO)Cc2ccccc2N(S(=O)(=O)c2cnc3sccn23)C1. The van der Waals surface area contributed by atoms with E-state index in [1.54, 1.807) is 10.6 Å². The van der Waals surface area contributed by atoms with Gasteiger partial charge in [-0.05, 0) is 18.1 Å².